The molecule has 2 aliphatic rings. The number of rotatable bonds is 10. The Bertz CT molecular complexity index is 1930. The van der Waals surface area contributed by atoms with E-state index in [1.165, 1.54) is 24.3 Å². The second kappa shape index (κ2) is 17.4. The topological polar surface area (TPSA) is 86.4 Å². The standard InChI is InChI=1S/2C20H21FN4O/c21-18-3-1-16(2-4-18)19-15-25(10-9-24-11-13-26-14-12-24)23-20(19)17-5-7-22-8-6-17;21-18-3-1-16(2-4-18)19-15-23-25(10-9-24-11-13-26-14-12-24)20(19)17-5-7-22-8-6-17/h2*1-8,15H,9-14H2. The molecule has 0 spiro atoms. The van der Waals surface area contributed by atoms with Gasteiger partial charge >= 0.3 is 0 Å². The van der Waals surface area contributed by atoms with Crippen molar-refractivity contribution in [3.63, 3.8) is 0 Å². The molecule has 2 saturated heterocycles. The predicted octanol–water partition coefficient (Wildman–Crippen LogP) is 6.17. The number of hydrogen-bond donors (Lipinski definition) is 0. The summed E-state index contributed by atoms with van der Waals surface area (Å²) in [6, 6.07) is 21.0. The third kappa shape index (κ3) is 9.01. The first-order valence-electron chi connectivity index (χ1n) is 17.7. The minimum absolute atomic E-state index is 0.237. The van der Waals surface area contributed by atoms with Gasteiger partial charge in [-0.2, -0.15) is 10.2 Å². The van der Waals surface area contributed by atoms with Crippen LogP contribution in [0.1, 0.15) is 0 Å². The van der Waals surface area contributed by atoms with E-state index in [0.717, 1.165) is 124 Å². The van der Waals surface area contributed by atoms with Gasteiger partial charge in [-0.1, -0.05) is 24.3 Å². The fourth-order valence-electron chi connectivity index (χ4n) is 6.44. The molecule has 0 bridgehead atoms. The van der Waals surface area contributed by atoms with E-state index in [2.05, 4.69) is 24.9 Å². The minimum atomic E-state index is -0.237. The normalized spacial score (nSPS) is 15.3. The largest absolute Gasteiger partial charge is 0.379 e. The van der Waals surface area contributed by atoms with E-state index >= 15 is 0 Å². The van der Waals surface area contributed by atoms with Crippen LogP contribution in [0, 0.1) is 11.6 Å². The van der Waals surface area contributed by atoms with Crippen LogP contribution in [0.4, 0.5) is 8.78 Å². The molecule has 6 aromatic rings. The Balaban J connectivity index is 0.000000162. The molecule has 4 aromatic heterocycles. The van der Waals surface area contributed by atoms with E-state index in [9.17, 15) is 8.78 Å². The van der Waals surface area contributed by atoms with Crippen LogP contribution < -0.4 is 0 Å². The van der Waals surface area contributed by atoms with Crippen molar-refractivity contribution in [2.45, 2.75) is 13.1 Å². The monoisotopic (exact) mass is 704 g/mol. The number of benzene rings is 2. The molecule has 0 radical (unpaired) electrons. The molecule has 268 valence electrons. The highest BCUT2D eigenvalue weighted by molar-refractivity contribution is 5.81. The van der Waals surface area contributed by atoms with E-state index in [4.69, 9.17) is 14.6 Å². The van der Waals surface area contributed by atoms with Crippen LogP contribution in [0.25, 0.3) is 44.8 Å². The van der Waals surface area contributed by atoms with E-state index in [-0.39, 0.29) is 11.6 Å². The van der Waals surface area contributed by atoms with Gasteiger partial charge in [-0.3, -0.25) is 29.1 Å². The first-order valence-corrected chi connectivity index (χ1v) is 17.7. The van der Waals surface area contributed by atoms with Gasteiger partial charge in [-0.05, 0) is 59.7 Å². The number of hydrogen-bond acceptors (Lipinski definition) is 8. The third-order valence-corrected chi connectivity index (χ3v) is 9.30. The molecule has 0 aliphatic carbocycles. The number of morpholine rings is 2. The molecule has 2 aliphatic heterocycles. The summed E-state index contributed by atoms with van der Waals surface area (Å²) < 4.78 is 41.4. The van der Waals surface area contributed by atoms with Gasteiger partial charge in [0.05, 0.1) is 51.4 Å². The summed E-state index contributed by atoms with van der Waals surface area (Å²) in [5.41, 5.74) is 7.89. The highest BCUT2D eigenvalue weighted by Gasteiger charge is 2.18. The molecule has 12 heteroatoms. The molecule has 0 saturated carbocycles. The van der Waals surface area contributed by atoms with Crippen LogP contribution >= 0.6 is 0 Å². The summed E-state index contributed by atoms with van der Waals surface area (Å²) in [7, 11) is 0. The average molecular weight is 705 g/mol. The second-order valence-corrected chi connectivity index (χ2v) is 12.7. The van der Waals surface area contributed by atoms with Crippen molar-refractivity contribution in [3.05, 3.63) is 122 Å². The number of pyridine rings is 2. The van der Waals surface area contributed by atoms with Crippen molar-refractivity contribution < 1.29 is 18.3 Å². The lowest BCUT2D eigenvalue weighted by molar-refractivity contribution is 0.0359. The molecular formula is C40H42F2N8O2. The van der Waals surface area contributed by atoms with Gasteiger partial charge in [0.1, 0.15) is 17.3 Å². The summed E-state index contributed by atoms with van der Waals surface area (Å²) in [6.45, 7) is 10.5. The molecule has 2 fully saturated rings. The van der Waals surface area contributed by atoms with Crippen molar-refractivity contribution in [1.29, 1.82) is 0 Å². The van der Waals surface area contributed by atoms with Gasteiger partial charge < -0.3 is 9.47 Å². The lowest BCUT2D eigenvalue weighted by Gasteiger charge is -2.26. The van der Waals surface area contributed by atoms with Crippen LogP contribution in [0.5, 0.6) is 0 Å². The van der Waals surface area contributed by atoms with Crippen LogP contribution in [0.3, 0.4) is 0 Å². The average Bonchev–Trinajstić information content (AvgIpc) is 3.84. The summed E-state index contributed by atoms with van der Waals surface area (Å²) >= 11 is 0. The Kier molecular flexibility index (Phi) is 11.8. The summed E-state index contributed by atoms with van der Waals surface area (Å²) in [5.74, 6) is -0.474. The van der Waals surface area contributed by atoms with Crippen LogP contribution in [0.15, 0.2) is 110 Å². The van der Waals surface area contributed by atoms with Gasteiger partial charge in [0.25, 0.3) is 0 Å². The highest BCUT2D eigenvalue weighted by atomic mass is 19.1. The number of halogens is 2. The molecule has 2 aromatic carbocycles. The third-order valence-electron chi connectivity index (χ3n) is 9.30. The molecule has 8 rings (SSSR count). The molecule has 0 unspecified atom stereocenters. The van der Waals surface area contributed by atoms with Crippen molar-refractivity contribution in [2.75, 3.05) is 65.7 Å². The summed E-state index contributed by atoms with van der Waals surface area (Å²) in [4.78, 5) is 13.0. The Hall–Kier alpha value is -5.14. The van der Waals surface area contributed by atoms with Crippen molar-refractivity contribution in [2.24, 2.45) is 0 Å². The fourth-order valence-corrected chi connectivity index (χ4v) is 6.44. The van der Waals surface area contributed by atoms with Gasteiger partial charge in [-0.25, -0.2) is 8.78 Å². The highest BCUT2D eigenvalue weighted by Crippen LogP contribution is 2.33. The fraction of sp³-hybridized carbons (Fsp3) is 0.300. The van der Waals surface area contributed by atoms with Crippen LogP contribution in [-0.2, 0) is 22.6 Å². The second-order valence-electron chi connectivity index (χ2n) is 12.7. The minimum Gasteiger partial charge on any atom is -0.379 e. The summed E-state index contributed by atoms with van der Waals surface area (Å²) in [6.07, 6.45) is 11.0. The SMILES string of the molecule is Fc1ccc(-c2cn(CCN3CCOCC3)nc2-c2ccncc2)cc1.Fc1ccc(-c2cnn(CCN3CCOCC3)c2-c2ccncc2)cc1. The van der Waals surface area contributed by atoms with Crippen LogP contribution in [0.2, 0.25) is 0 Å². The molecule has 10 nitrogen and oxygen atoms in total. The number of ether oxygens (including phenoxy) is 2. The smallest absolute Gasteiger partial charge is 0.123 e. The lowest BCUT2D eigenvalue weighted by Crippen LogP contribution is -2.38. The van der Waals surface area contributed by atoms with E-state index in [0.29, 0.717) is 0 Å². The molecule has 6 heterocycles. The van der Waals surface area contributed by atoms with Gasteiger partial charge in [0.15, 0.2) is 0 Å². The van der Waals surface area contributed by atoms with E-state index in [1.807, 2.05) is 46.0 Å². The molecule has 52 heavy (non-hydrogen) atoms. The number of aromatic nitrogens is 6. The maximum atomic E-state index is 13.3. The first-order chi connectivity index (χ1) is 25.6. The Morgan fingerprint density at radius 2 is 1.04 bits per heavy atom. The van der Waals surface area contributed by atoms with E-state index < -0.39 is 0 Å². The first kappa shape index (κ1) is 35.3. The quantitative estimate of drug-likeness (QED) is 0.168. The van der Waals surface area contributed by atoms with E-state index in [1.54, 1.807) is 49.1 Å². The predicted molar refractivity (Wildman–Crippen MR) is 196 cm³/mol. The molecule has 0 amide bonds. The van der Waals surface area contributed by atoms with Crippen molar-refractivity contribution in [1.82, 2.24) is 39.3 Å². The zero-order valence-electron chi connectivity index (χ0n) is 29.0. The molecule has 0 N–H and O–H groups in total. The maximum absolute atomic E-state index is 13.3. The lowest BCUT2D eigenvalue weighted by atomic mass is 10.0. The van der Waals surface area contributed by atoms with Gasteiger partial charge in [0.2, 0.25) is 0 Å². The number of nitrogens with zero attached hydrogens (tertiary/aromatic N) is 8. The maximum Gasteiger partial charge on any atom is 0.123 e. The Morgan fingerprint density at radius 3 is 1.60 bits per heavy atom. The van der Waals surface area contributed by atoms with Crippen molar-refractivity contribution >= 4 is 0 Å². The van der Waals surface area contributed by atoms with Gasteiger partial charge in [-0.15, -0.1) is 0 Å². The zero-order chi connectivity index (χ0) is 35.5. The Morgan fingerprint density at radius 1 is 0.538 bits per heavy atom. The van der Waals surface area contributed by atoms with Crippen molar-refractivity contribution in [3.8, 4) is 44.8 Å². The van der Waals surface area contributed by atoms with Crippen LogP contribution in [-0.4, -0.2) is 105 Å². The van der Waals surface area contributed by atoms with Gasteiger partial charge in [0, 0.05) is 92.5 Å². The summed E-state index contributed by atoms with van der Waals surface area (Å²) in [5, 5.41) is 9.42. The molecular weight excluding hydrogens is 662 g/mol. The Labute approximate surface area is 302 Å². The zero-order valence-corrected chi connectivity index (χ0v) is 29.0. The molecule has 0 atom stereocenters.